The summed E-state index contributed by atoms with van der Waals surface area (Å²) in [5.74, 6) is 1.63. The lowest BCUT2D eigenvalue weighted by Crippen LogP contribution is -1.98. The normalized spacial score (nSPS) is 9.94. The van der Waals surface area contributed by atoms with Crippen LogP contribution in [0.2, 0.25) is 0 Å². The zero-order valence-electron chi connectivity index (χ0n) is 9.59. The van der Waals surface area contributed by atoms with Gasteiger partial charge in [-0.1, -0.05) is 24.3 Å². The molecule has 0 atom stereocenters. The van der Waals surface area contributed by atoms with Crippen molar-refractivity contribution in [3.63, 3.8) is 0 Å². The maximum Gasteiger partial charge on any atom is 0.125 e. The molecule has 3 nitrogen and oxygen atoms in total. The van der Waals surface area contributed by atoms with E-state index in [2.05, 4.69) is 0 Å². The predicted octanol–water partition coefficient (Wildman–Crippen LogP) is 2.98. The second-order valence-corrected chi connectivity index (χ2v) is 3.60. The second-order valence-electron chi connectivity index (χ2n) is 3.60. The highest BCUT2D eigenvalue weighted by Gasteiger charge is 2.02. The monoisotopic (exact) mass is 230 g/mol. The third kappa shape index (κ3) is 2.91. The summed E-state index contributed by atoms with van der Waals surface area (Å²) in [5.41, 5.74) is 0.971. The SMILES string of the molecule is COc1ccccc1COc1cccc(O)c1. The third-order valence-corrected chi connectivity index (χ3v) is 2.40. The minimum atomic E-state index is 0.197. The largest absolute Gasteiger partial charge is 0.508 e. The van der Waals surface area contributed by atoms with Gasteiger partial charge in [0.1, 0.15) is 23.9 Å². The van der Waals surface area contributed by atoms with Crippen LogP contribution in [0.5, 0.6) is 17.2 Å². The molecule has 0 spiro atoms. The maximum atomic E-state index is 9.31. The number of phenolic OH excluding ortho intramolecular Hbond substituents is 1. The van der Waals surface area contributed by atoms with Crippen molar-refractivity contribution in [2.24, 2.45) is 0 Å². The van der Waals surface area contributed by atoms with E-state index in [4.69, 9.17) is 9.47 Å². The van der Waals surface area contributed by atoms with Crippen LogP contribution in [0.3, 0.4) is 0 Å². The van der Waals surface area contributed by atoms with Gasteiger partial charge in [0, 0.05) is 11.6 Å². The number of hydrogen-bond acceptors (Lipinski definition) is 3. The van der Waals surface area contributed by atoms with E-state index in [0.29, 0.717) is 12.4 Å². The maximum absolute atomic E-state index is 9.31. The average Bonchev–Trinajstić information content (AvgIpc) is 2.37. The van der Waals surface area contributed by atoms with Gasteiger partial charge < -0.3 is 14.6 Å². The molecule has 0 heterocycles. The van der Waals surface area contributed by atoms with Crippen molar-refractivity contribution in [1.82, 2.24) is 0 Å². The molecule has 0 fully saturated rings. The first-order valence-corrected chi connectivity index (χ1v) is 5.33. The van der Waals surface area contributed by atoms with Crippen LogP contribution in [-0.2, 0) is 6.61 Å². The van der Waals surface area contributed by atoms with Gasteiger partial charge in [-0.25, -0.2) is 0 Å². The van der Waals surface area contributed by atoms with E-state index in [1.165, 1.54) is 0 Å². The fourth-order valence-corrected chi connectivity index (χ4v) is 1.56. The molecular formula is C14H14O3. The number of hydrogen-bond donors (Lipinski definition) is 1. The molecule has 0 aliphatic heterocycles. The fourth-order valence-electron chi connectivity index (χ4n) is 1.56. The van der Waals surface area contributed by atoms with Gasteiger partial charge in [-0.15, -0.1) is 0 Å². The topological polar surface area (TPSA) is 38.7 Å². The fraction of sp³-hybridized carbons (Fsp3) is 0.143. The Bertz CT molecular complexity index is 494. The van der Waals surface area contributed by atoms with E-state index < -0.39 is 0 Å². The molecule has 2 rings (SSSR count). The first kappa shape index (κ1) is 11.3. The van der Waals surface area contributed by atoms with Gasteiger partial charge in [-0.05, 0) is 18.2 Å². The second kappa shape index (κ2) is 5.25. The van der Waals surface area contributed by atoms with Crippen LogP contribution in [0.1, 0.15) is 5.56 Å². The molecule has 0 saturated heterocycles. The molecule has 0 amide bonds. The third-order valence-electron chi connectivity index (χ3n) is 2.40. The lowest BCUT2D eigenvalue weighted by Gasteiger charge is -2.10. The van der Waals surface area contributed by atoms with Crippen LogP contribution in [0.4, 0.5) is 0 Å². The Balaban J connectivity index is 2.07. The molecule has 0 unspecified atom stereocenters. The van der Waals surface area contributed by atoms with Crippen molar-refractivity contribution in [3.05, 3.63) is 54.1 Å². The van der Waals surface area contributed by atoms with E-state index >= 15 is 0 Å². The molecule has 1 N–H and O–H groups in total. The van der Waals surface area contributed by atoms with Gasteiger partial charge >= 0.3 is 0 Å². The van der Waals surface area contributed by atoms with Crippen LogP contribution >= 0.6 is 0 Å². The van der Waals surface area contributed by atoms with Crippen LogP contribution in [0, 0.1) is 0 Å². The molecule has 0 aliphatic carbocycles. The van der Waals surface area contributed by atoms with Gasteiger partial charge in [0.2, 0.25) is 0 Å². The highest BCUT2D eigenvalue weighted by molar-refractivity contribution is 5.35. The van der Waals surface area contributed by atoms with Crippen molar-refractivity contribution >= 4 is 0 Å². The van der Waals surface area contributed by atoms with Gasteiger partial charge in [-0.3, -0.25) is 0 Å². The first-order chi connectivity index (χ1) is 8.29. The molecule has 2 aromatic rings. The Labute approximate surface area is 100 Å². The van der Waals surface area contributed by atoms with E-state index in [1.54, 1.807) is 31.4 Å². The lowest BCUT2D eigenvalue weighted by molar-refractivity contribution is 0.295. The number of phenols is 1. The highest BCUT2D eigenvalue weighted by Crippen LogP contribution is 2.22. The quantitative estimate of drug-likeness (QED) is 0.877. The molecule has 0 aliphatic rings. The molecule has 0 saturated carbocycles. The van der Waals surface area contributed by atoms with Crippen molar-refractivity contribution < 1.29 is 14.6 Å². The summed E-state index contributed by atoms with van der Waals surface area (Å²) in [4.78, 5) is 0. The summed E-state index contributed by atoms with van der Waals surface area (Å²) < 4.78 is 10.8. The Morgan fingerprint density at radius 1 is 1.06 bits per heavy atom. The molecule has 0 aromatic heterocycles. The standard InChI is InChI=1S/C14H14O3/c1-16-14-8-3-2-5-11(14)10-17-13-7-4-6-12(15)9-13/h2-9,15H,10H2,1H3. The number of benzene rings is 2. The molecular weight excluding hydrogens is 216 g/mol. The predicted molar refractivity (Wildman–Crippen MR) is 65.4 cm³/mol. The van der Waals surface area contributed by atoms with Crippen molar-refractivity contribution in [2.75, 3.05) is 7.11 Å². The van der Waals surface area contributed by atoms with Crippen molar-refractivity contribution in [1.29, 1.82) is 0 Å². The minimum Gasteiger partial charge on any atom is -0.508 e. The molecule has 0 radical (unpaired) electrons. The number of aromatic hydroxyl groups is 1. The average molecular weight is 230 g/mol. The lowest BCUT2D eigenvalue weighted by atomic mass is 10.2. The Kier molecular flexibility index (Phi) is 3.50. The van der Waals surface area contributed by atoms with E-state index in [1.807, 2.05) is 24.3 Å². The highest BCUT2D eigenvalue weighted by atomic mass is 16.5. The van der Waals surface area contributed by atoms with Gasteiger partial charge in [0.05, 0.1) is 7.11 Å². The van der Waals surface area contributed by atoms with Gasteiger partial charge in [0.25, 0.3) is 0 Å². The van der Waals surface area contributed by atoms with Gasteiger partial charge in [-0.2, -0.15) is 0 Å². The summed E-state index contributed by atoms with van der Waals surface area (Å²) in [7, 11) is 1.63. The summed E-state index contributed by atoms with van der Waals surface area (Å²) in [6.45, 7) is 0.410. The van der Waals surface area contributed by atoms with E-state index in [9.17, 15) is 5.11 Å². The van der Waals surface area contributed by atoms with Gasteiger partial charge in [0.15, 0.2) is 0 Å². The minimum absolute atomic E-state index is 0.197. The Morgan fingerprint density at radius 3 is 2.65 bits per heavy atom. The molecule has 88 valence electrons. The molecule has 0 bridgehead atoms. The van der Waals surface area contributed by atoms with E-state index in [-0.39, 0.29) is 5.75 Å². The zero-order valence-corrected chi connectivity index (χ0v) is 9.59. The number of ether oxygens (including phenoxy) is 2. The van der Waals surface area contributed by atoms with Crippen molar-refractivity contribution in [3.8, 4) is 17.2 Å². The summed E-state index contributed by atoms with van der Waals surface area (Å²) in [6, 6.07) is 14.4. The van der Waals surface area contributed by atoms with Crippen LogP contribution in [0.25, 0.3) is 0 Å². The first-order valence-electron chi connectivity index (χ1n) is 5.33. The molecule has 17 heavy (non-hydrogen) atoms. The molecule has 3 heteroatoms. The smallest absolute Gasteiger partial charge is 0.125 e. The Morgan fingerprint density at radius 2 is 1.88 bits per heavy atom. The van der Waals surface area contributed by atoms with E-state index in [0.717, 1.165) is 11.3 Å². The van der Waals surface area contributed by atoms with Crippen LogP contribution in [-0.4, -0.2) is 12.2 Å². The number of para-hydroxylation sites is 1. The van der Waals surface area contributed by atoms with Crippen molar-refractivity contribution in [2.45, 2.75) is 6.61 Å². The summed E-state index contributed by atoms with van der Waals surface area (Å²) in [6.07, 6.45) is 0. The molecule has 2 aromatic carbocycles. The number of methoxy groups -OCH3 is 1. The number of rotatable bonds is 4. The Hall–Kier alpha value is -2.16. The zero-order chi connectivity index (χ0) is 12.1. The summed E-state index contributed by atoms with van der Waals surface area (Å²) >= 11 is 0. The van der Waals surface area contributed by atoms with Crippen LogP contribution < -0.4 is 9.47 Å². The van der Waals surface area contributed by atoms with Crippen LogP contribution in [0.15, 0.2) is 48.5 Å². The summed E-state index contributed by atoms with van der Waals surface area (Å²) in [5, 5.41) is 9.31.